The zero-order valence-electron chi connectivity index (χ0n) is 8.90. The Balaban J connectivity index is 3.55. The van der Waals surface area contributed by atoms with Gasteiger partial charge in [-0.1, -0.05) is 13.8 Å². The van der Waals surface area contributed by atoms with E-state index in [1.54, 1.807) is 0 Å². The minimum atomic E-state index is -4.13. The van der Waals surface area contributed by atoms with Gasteiger partial charge >= 0.3 is 5.51 Å². The summed E-state index contributed by atoms with van der Waals surface area (Å²) in [5.74, 6) is 0.973. The highest BCUT2D eigenvalue weighted by atomic mass is 35.5. The van der Waals surface area contributed by atoms with Crippen molar-refractivity contribution in [2.45, 2.75) is 31.8 Å². The molecule has 0 aromatic heterocycles. The molecule has 0 spiro atoms. The fourth-order valence-corrected chi connectivity index (χ4v) is 1.89. The van der Waals surface area contributed by atoms with E-state index in [4.69, 9.17) is 11.6 Å². The van der Waals surface area contributed by atoms with E-state index in [1.807, 2.05) is 0 Å². The first kappa shape index (κ1) is 15.4. The standard InChI is InChI=1S/C9H17ClF3NS/c1-7(2)5-8(6-10)14-3-4-15-9(11,12)13/h7-8,14H,3-6H2,1-2H3. The molecule has 92 valence electrons. The molecule has 0 bridgehead atoms. The first-order valence-electron chi connectivity index (χ1n) is 4.85. The quantitative estimate of drug-likeness (QED) is 0.558. The smallest absolute Gasteiger partial charge is 0.312 e. The molecule has 1 nitrogen and oxygen atoms in total. The molecule has 1 N–H and O–H groups in total. The van der Waals surface area contributed by atoms with E-state index in [1.165, 1.54) is 0 Å². The third-order valence-electron chi connectivity index (χ3n) is 1.74. The summed E-state index contributed by atoms with van der Waals surface area (Å²) in [6, 6.07) is 0.112. The van der Waals surface area contributed by atoms with Gasteiger partial charge in [0.2, 0.25) is 0 Å². The summed E-state index contributed by atoms with van der Waals surface area (Å²) in [5, 5.41) is 3.02. The van der Waals surface area contributed by atoms with Crippen LogP contribution in [-0.4, -0.2) is 29.7 Å². The molecular weight excluding hydrogens is 247 g/mol. The van der Waals surface area contributed by atoms with Crippen LogP contribution in [0.3, 0.4) is 0 Å². The van der Waals surface area contributed by atoms with E-state index in [2.05, 4.69) is 19.2 Å². The molecule has 0 aromatic carbocycles. The molecular formula is C9H17ClF3NS. The number of halogens is 4. The summed E-state index contributed by atoms with van der Waals surface area (Å²) in [5.41, 5.74) is -4.13. The predicted molar refractivity (Wildman–Crippen MR) is 60.5 cm³/mol. The van der Waals surface area contributed by atoms with E-state index in [-0.39, 0.29) is 23.6 Å². The summed E-state index contributed by atoms with van der Waals surface area (Å²) in [6.07, 6.45) is 0.889. The Labute approximate surface area is 98.1 Å². The molecule has 0 heterocycles. The topological polar surface area (TPSA) is 12.0 Å². The van der Waals surface area contributed by atoms with Crippen LogP contribution in [0.2, 0.25) is 0 Å². The van der Waals surface area contributed by atoms with E-state index < -0.39 is 5.51 Å². The fourth-order valence-electron chi connectivity index (χ4n) is 1.20. The number of hydrogen-bond acceptors (Lipinski definition) is 2. The first-order valence-corrected chi connectivity index (χ1v) is 6.37. The SMILES string of the molecule is CC(C)CC(CCl)NCCSC(F)(F)F. The van der Waals surface area contributed by atoms with Gasteiger partial charge in [0.15, 0.2) is 0 Å². The fraction of sp³-hybridized carbons (Fsp3) is 1.00. The van der Waals surface area contributed by atoms with Crippen LogP contribution in [0.25, 0.3) is 0 Å². The van der Waals surface area contributed by atoms with Gasteiger partial charge in [0.1, 0.15) is 0 Å². The molecule has 0 aliphatic heterocycles. The van der Waals surface area contributed by atoms with Crippen molar-refractivity contribution in [3.05, 3.63) is 0 Å². The molecule has 1 unspecified atom stereocenters. The van der Waals surface area contributed by atoms with Crippen molar-refractivity contribution < 1.29 is 13.2 Å². The lowest BCUT2D eigenvalue weighted by atomic mass is 10.1. The van der Waals surface area contributed by atoms with Crippen LogP contribution >= 0.6 is 23.4 Å². The zero-order valence-corrected chi connectivity index (χ0v) is 10.5. The van der Waals surface area contributed by atoms with Gasteiger partial charge in [-0.3, -0.25) is 0 Å². The number of alkyl halides is 4. The van der Waals surface area contributed by atoms with Crippen LogP contribution in [0.4, 0.5) is 13.2 Å². The van der Waals surface area contributed by atoms with Crippen LogP contribution in [0.15, 0.2) is 0 Å². The summed E-state index contributed by atoms with van der Waals surface area (Å²) in [4.78, 5) is 0. The van der Waals surface area contributed by atoms with Gasteiger partial charge in [-0.05, 0) is 24.1 Å². The van der Waals surface area contributed by atoms with Crippen molar-refractivity contribution in [1.29, 1.82) is 0 Å². The third kappa shape index (κ3) is 10.7. The van der Waals surface area contributed by atoms with Gasteiger partial charge in [-0.15, -0.1) is 11.6 Å². The van der Waals surface area contributed by atoms with E-state index in [9.17, 15) is 13.2 Å². The van der Waals surface area contributed by atoms with Crippen molar-refractivity contribution in [3.63, 3.8) is 0 Å². The maximum atomic E-state index is 11.8. The molecule has 6 heteroatoms. The summed E-state index contributed by atoms with van der Waals surface area (Å²) >= 11 is 5.69. The first-order chi connectivity index (χ1) is 6.85. The lowest BCUT2D eigenvalue weighted by Crippen LogP contribution is -2.34. The minimum Gasteiger partial charge on any atom is -0.312 e. The Kier molecular flexibility index (Phi) is 7.83. The van der Waals surface area contributed by atoms with Gasteiger partial charge in [0.25, 0.3) is 0 Å². The van der Waals surface area contributed by atoms with Crippen molar-refractivity contribution in [2.75, 3.05) is 18.2 Å². The van der Waals surface area contributed by atoms with Gasteiger partial charge in [-0.25, -0.2) is 0 Å². The second-order valence-corrected chi connectivity index (χ2v) is 5.20. The van der Waals surface area contributed by atoms with Crippen LogP contribution in [-0.2, 0) is 0 Å². The molecule has 15 heavy (non-hydrogen) atoms. The Bertz CT molecular complexity index is 164. The molecule has 0 aliphatic rings. The Hall–Kier alpha value is 0.390. The highest BCUT2D eigenvalue weighted by molar-refractivity contribution is 8.00. The average Bonchev–Trinajstić information content (AvgIpc) is 2.08. The molecule has 0 aromatic rings. The number of hydrogen-bond donors (Lipinski definition) is 1. The maximum Gasteiger partial charge on any atom is 0.441 e. The second kappa shape index (κ2) is 7.63. The number of thioether (sulfide) groups is 1. The lowest BCUT2D eigenvalue weighted by molar-refractivity contribution is -0.0327. The Morgan fingerprint density at radius 3 is 2.33 bits per heavy atom. The van der Waals surface area contributed by atoms with Gasteiger partial charge in [0, 0.05) is 24.2 Å². The number of rotatable bonds is 7. The monoisotopic (exact) mass is 263 g/mol. The Morgan fingerprint density at radius 1 is 1.33 bits per heavy atom. The molecule has 0 amide bonds. The molecule has 0 saturated heterocycles. The average molecular weight is 264 g/mol. The third-order valence-corrected chi connectivity index (χ3v) is 2.85. The molecule has 0 aliphatic carbocycles. The number of nitrogens with one attached hydrogen (secondary N) is 1. The van der Waals surface area contributed by atoms with Crippen molar-refractivity contribution in [1.82, 2.24) is 5.32 Å². The maximum absolute atomic E-state index is 11.8. The minimum absolute atomic E-state index is 0.000656. The van der Waals surface area contributed by atoms with Gasteiger partial charge in [-0.2, -0.15) is 13.2 Å². The van der Waals surface area contributed by atoms with Crippen molar-refractivity contribution in [2.24, 2.45) is 5.92 Å². The van der Waals surface area contributed by atoms with Crippen molar-refractivity contribution >= 4 is 23.4 Å². The molecule has 1 atom stereocenters. The summed E-state index contributed by atoms with van der Waals surface area (Å²) in [6.45, 7) is 4.46. The molecule has 0 rings (SSSR count). The van der Waals surface area contributed by atoms with Crippen LogP contribution in [0.5, 0.6) is 0 Å². The Morgan fingerprint density at radius 2 is 1.93 bits per heavy atom. The highest BCUT2D eigenvalue weighted by Gasteiger charge is 2.27. The van der Waals surface area contributed by atoms with E-state index >= 15 is 0 Å². The van der Waals surface area contributed by atoms with Gasteiger partial charge in [0.05, 0.1) is 0 Å². The normalized spacial score (nSPS) is 14.6. The molecule has 0 saturated carbocycles. The summed E-state index contributed by atoms with van der Waals surface area (Å²) in [7, 11) is 0. The second-order valence-electron chi connectivity index (χ2n) is 3.73. The van der Waals surface area contributed by atoms with Gasteiger partial charge < -0.3 is 5.32 Å². The van der Waals surface area contributed by atoms with E-state index in [0.29, 0.717) is 18.3 Å². The van der Waals surface area contributed by atoms with Crippen molar-refractivity contribution in [3.8, 4) is 0 Å². The predicted octanol–water partition coefficient (Wildman–Crippen LogP) is 3.48. The largest absolute Gasteiger partial charge is 0.441 e. The molecule has 0 radical (unpaired) electrons. The molecule has 0 fully saturated rings. The van der Waals surface area contributed by atoms with Crippen LogP contribution in [0.1, 0.15) is 20.3 Å². The van der Waals surface area contributed by atoms with Crippen LogP contribution < -0.4 is 5.32 Å². The summed E-state index contributed by atoms with van der Waals surface area (Å²) < 4.78 is 35.3. The zero-order chi connectivity index (χ0) is 11.9. The van der Waals surface area contributed by atoms with E-state index in [0.717, 1.165) is 6.42 Å². The highest BCUT2D eigenvalue weighted by Crippen LogP contribution is 2.29. The lowest BCUT2D eigenvalue weighted by Gasteiger charge is -2.18. The van der Waals surface area contributed by atoms with Crippen LogP contribution in [0, 0.1) is 5.92 Å².